The van der Waals surface area contributed by atoms with Crippen molar-refractivity contribution in [1.29, 1.82) is 0 Å². The zero-order valence-electron chi connectivity index (χ0n) is 11.7. The van der Waals surface area contributed by atoms with Gasteiger partial charge in [0.1, 0.15) is 12.4 Å². The maximum atomic E-state index is 11.1. The van der Waals surface area contributed by atoms with Gasteiger partial charge < -0.3 is 4.74 Å². The van der Waals surface area contributed by atoms with Crippen molar-refractivity contribution in [2.24, 2.45) is 0 Å². The SMILES string of the molecule is Cc1ccc(OCc2ccccc2CC(=O)Cl)c(C)c1. The van der Waals surface area contributed by atoms with Crippen LogP contribution in [0.25, 0.3) is 0 Å². The van der Waals surface area contributed by atoms with Crippen LogP contribution in [0, 0.1) is 13.8 Å². The monoisotopic (exact) mass is 288 g/mol. The molecular formula is C17H17ClO2. The fourth-order valence-corrected chi connectivity index (χ4v) is 2.28. The fraction of sp³-hybridized carbons (Fsp3) is 0.235. The summed E-state index contributed by atoms with van der Waals surface area (Å²) in [6, 6.07) is 13.8. The second kappa shape index (κ2) is 6.58. The fourth-order valence-electron chi connectivity index (χ4n) is 2.14. The molecule has 0 saturated heterocycles. The molecule has 0 N–H and O–H groups in total. The molecule has 0 spiro atoms. The highest BCUT2D eigenvalue weighted by Gasteiger charge is 2.07. The van der Waals surface area contributed by atoms with E-state index < -0.39 is 0 Å². The van der Waals surface area contributed by atoms with Crippen molar-refractivity contribution in [2.45, 2.75) is 26.9 Å². The van der Waals surface area contributed by atoms with Gasteiger partial charge in [0.05, 0.1) is 0 Å². The lowest BCUT2D eigenvalue weighted by Gasteiger charge is -2.12. The smallest absolute Gasteiger partial charge is 0.226 e. The van der Waals surface area contributed by atoms with Gasteiger partial charge in [0, 0.05) is 6.42 Å². The molecule has 2 aromatic carbocycles. The Labute approximate surface area is 124 Å². The number of carbonyl (C=O) groups excluding carboxylic acids is 1. The van der Waals surface area contributed by atoms with Crippen LogP contribution in [0.3, 0.4) is 0 Å². The van der Waals surface area contributed by atoms with E-state index in [0.717, 1.165) is 22.4 Å². The van der Waals surface area contributed by atoms with E-state index >= 15 is 0 Å². The van der Waals surface area contributed by atoms with Gasteiger partial charge in [0.25, 0.3) is 0 Å². The molecule has 0 amide bonds. The first-order valence-corrected chi connectivity index (χ1v) is 6.89. The lowest BCUT2D eigenvalue weighted by atomic mass is 10.1. The standard InChI is InChI=1S/C17H17ClO2/c1-12-7-8-16(13(2)9-12)20-11-15-6-4-3-5-14(15)10-17(18)19/h3-9H,10-11H2,1-2H3. The first-order chi connectivity index (χ1) is 9.56. The Morgan fingerprint density at radius 1 is 1.10 bits per heavy atom. The minimum absolute atomic E-state index is 0.230. The highest BCUT2D eigenvalue weighted by Crippen LogP contribution is 2.21. The van der Waals surface area contributed by atoms with Crippen LogP contribution in [0.4, 0.5) is 0 Å². The number of hydrogen-bond donors (Lipinski definition) is 0. The van der Waals surface area contributed by atoms with Crippen molar-refractivity contribution in [1.82, 2.24) is 0 Å². The molecule has 3 heteroatoms. The van der Waals surface area contributed by atoms with Crippen molar-refractivity contribution >= 4 is 16.8 Å². The molecule has 2 rings (SSSR count). The molecule has 0 aliphatic carbocycles. The normalized spacial score (nSPS) is 10.3. The summed E-state index contributed by atoms with van der Waals surface area (Å²) in [5.41, 5.74) is 4.22. The Bertz CT molecular complexity index is 620. The Morgan fingerprint density at radius 3 is 2.45 bits per heavy atom. The van der Waals surface area contributed by atoms with Crippen LogP contribution in [0.1, 0.15) is 22.3 Å². The molecule has 0 atom stereocenters. The molecular weight excluding hydrogens is 272 g/mol. The van der Waals surface area contributed by atoms with Crippen molar-refractivity contribution in [3.63, 3.8) is 0 Å². The molecule has 104 valence electrons. The van der Waals surface area contributed by atoms with Crippen LogP contribution >= 0.6 is 11.6 Å². The molecule has 0 aliphatic rings. The van der Waals surface area contributed by atoms with E-state index in [-0.39, 0.29) is 11.7 Å². The maximum absolute atomic E-state index is 11.1. The predicted octanol–water partition coefficient (Wildman–Crippen LogP) is 4.19. The molecule has 2 nitrogen and oxygen atoms in total. The maximum Gasteiger partial charge on any atom is 0.226 e. The summed E-state index contributed by atoms with van der Waals surface area (Å²) < 4.78 is 5.85. The topological polar surface area (TPSA) is 26.3 Å². The Kier molecular flexibility index (Phi) is 4.80. The number of ether oxygens (including phenoxy) is 1. The number of aryl methyl sites for hydroxylation is 2. The number of benzene rings is 2. The number of carbonyl (C=O) groups is 1. The van der Waals surface area contributed by atoms with Crippen LogP contribution < -0.4 is 4.74 Å². The van der Waals surface area contributed by atoms with Crippen molar-refractivity contribution in [3.8, 4) is 5.75 Å². The van der Waals surface area contributed by atoms with Crippen LogP contribution in [0.5, 0.6) is 5.75 Å². The van der Waals surface area contributed by atoms with Gasteiger partial charge in [-0.3, -0.25) is 4.79 Å². The van der Waals surface area contributed by atoms with Gasteiger partial charge >= 0.3 is 0 Å². The van der Waals surface area contributed by atoms with Gasteiger partial charge in [-0.1, -0.05) is 42.0 Å². The molecule has 0 fully saturated rings. The van der Waals surface area contributed by atoms with Crippen molar-refractivity contribution < 1.29 is 9.53 Å². The van der Waals surface area contributed by atoms with E-state index in [1.807, 2.05) is 43.3 Å². The van der Waals surface area contributed by atoms with Crippen molar-refractivity contribution in [2.75, 3.05) is 0 Å². The highest BCUT2D eigenvalue weighted by atomic mass is 35.5. The highest BCUT2D eigenvalue weighted by molar-refractivity contribution is 6.63. The number of halogens is 1. The van der Waals surface area contributed by atoms with Gasteiger partial charge in [-0.15, -0.1) is 0 Å². The molecule has 0 radical (unpaired) electrons. The van der Waals surface area contributed by atoms with Gasteiger partial charge in [0.2, 0.25) is 5.24 Å². The predicted molar refractivity (Wildman–Crippen MR) is 81.3 cm³/mol. The van der Waals surface area contributed by atoms with Gasteiger partial charge in [-0.25, -0.2) is 0 Å². The summed E-state index contributed by atoms with van der Waals surface area (Å²) in [6.07, 6.45) is 0.230. The van der Waals surface area contributed by atoms with Crippen LogP contribution in [0.15, 0.2) is 42.5 Å². The molecule has 0 aromatic heterocycles. The quantitative estimate of drug-likeness (QED) is 0.771. The second-order valence-corrected chi connectivity index (χ2v) is 5.28. The molecule has 0 saturated carbocycles. The third kappa shape index (κ3) is 3.84. The van der Waals surface area contributed by atoms with E-state index in [0.29, 0.717) is 6.61 Å². The summed E-state index contributed by atoms with van der Waals surface area (Å²) >= 11 is 5.46. The second-order valence-electron chi connectivity index (χ2n) is 4.86. The summed E-state index contributed by atoms with van der Waals surface area (Å²) in [7, 11) is 0. The number of hydrogen-bond acceptors (Lipinski definition) is 2. The molecule has 0 unspecified atom stereocenters. The average molecular weight is 289 g/mol. The van der Waals surface area contributed by atoms with E-state index in [1.54, 1.807) is 0 Å². The number of rotatable bonds is 5. The molecule has 0 heterocycles. The van der Waals surface area contributed by atoms with E-state index in [2.05, 4.69) is 13.0 Å². The van der Waals surface area contributed by atoms with Gasteiger partial charge in [-0.05, 0) is 48.2 Å². The van der Waals surface area contributed by atoms with Crippen LogP contribution in [-0.2, 0) is 17.8 Å². The minimum Gasteiger partial charge on any atom is -0.489 e. The van der Waals surface area contributed by atoms with Gasteiger partial charge in [0.15, 0.2) is 0 Å². The van der Waals surface area contributed by atoms with E-state index in [4.69, 9.17) is 16.3 Å². The van der Waals surface area contributed by atoms with Gasteiger partial charge in [-0.2, -0.15) is 0 Å². The Balaban J connectivity index is 2.12. The van der Waals surface area contributed by atoms with Crippen LogP contribution in [-0.4, -0.2) is 5.24 Å². The first kappa shape index (κ1) is 14.6. The third-order valence-electron chi connectivity index (χ3n) is 3.16. The summed E-state index contributed by atoms with van der Waals surface area (Å²) in [4.78, 5) is 11.1. The lowest BCUT2D eigenvalue weighted by Crippen LogP contribution is -2.03. The Hall–Kier alpha value is -1.80. The summed E-state index contributed by atoms with van der Waals surface area (Å²) in [5.74, 6) is 0.864. The third-order valence-corrected chi connectivity index (χ3v) is 3.30. The molecule has 2 aromatic rings. The van der Waals surface area contributed by atoms with E-state index in [9.17, 15) is 4.79 Å². The van der Waals surface area contributed by atoms with Crippen LogP contribution in [0.2, 0.25) is 0 Å². The summed E-state index contributed by atoms with van der Waals surface area (Å²) in [5, 5.41) is -0.357. The Morgan fingerprint density at radius 2 is 1.80 bits per heavy atom. The van der Waals surface area contributed by atoms with Crippen molar-refractivity contribution in [3.05, 3.63) is 64.7 Å². The zero-order chi connectivity index (χ0) is 14.5. The lowest BCUT2D eigenvalue weighted by molar-refractivity contribution is -0.111. The summed E-state index contributed by atoms with van der Waals surface area (Å²) in [6.45, 7) is 4.51. The van der Waals surface area contributed by atoms with E-state index in [1.165, 1.54) is 5.56 Å². The molecule has 20 heavy (non-hydrogen) atoms. The first-order valence-electron chi connectivity index (χ1n) is 6.51. The molecule has 0 bridgehead atoms. The molecule has 0 aliphatic heterocycles. The minimum atomic E-state index is -0.357. The zero-order valence-corrected chi connectivity index (χ0v) is 12.4. The largest absolute Gasteiger partial charge is 0.489 e. The average Bonchev–Trinajstić information content (AvgIpc) is 2.39.